The highest BCUT2D eigenvalue weighted by Crippen LogP contribution is 2.42. The topological polar surface area (TPSA) is 73.2 Å². The number of hydrogen-bond donors (Lipinski definition) is 1. The number of para-hydroxylation sites is 1. The monoisotopic (exact) mass is 457 g/mol. The summed E-state index contributed by atoms with van der Waals surface area (Å²) in [5.74, 6) is -1.17. The number of aryl methyl sites for hydroxylation is 1. The number of nitrogens with one attached hydrogen (secondary N) is 1. The van der Waals surface area contributed by atoms with Crippen molar-refractivity contribution in [2.24, 2.45) is 0 Å². The summed E-state index contributed by atoms with van der Waals surface area (Å²) in [6.45, 7) is 1.94. The maximum absolute atomic E-state index is 13.4. The molecule has 1 N–H and O–H groups in total. The Morgan fingerprint density at radius 2 is 1.73 bits per heavy atom. The van der Waals surface area contributed by atoms with Crippen molar-refractivity contribution in [1.29, 1.82) is 5.26 Å². The smallest absolute Gasteiger partial charge is 0.269 e. The second kappa shape index (κ2) is 9.72. The molecule has 0 radical (unpaired) electrons. The van der Waals surface area contributed by atoms with Crippen LogP contribution in [0, 0.1) is 24.1 Å². The van der Waals surface area contributed by atoms with Gasteiger partial charge in [-0.2, -0.15) is 5.26 Å². The Kier molecular flexibility index (Phi) is 6.57. The molecule has 7 heteroatoms. The molecule has 1 fully saturated rings. The molecule has 0 unspecified atom stereocenters. The molecule has 164 valence electrons. The summed E-state index contributed by atoms with van der Waals surface area (Å²) in [6, 6.07) is 24.1. The van der Waals surface area contributed by atoms with E-state index < -0.39 is 11.2 Å². The molecule has 0 saturated carbocycles. The van der Waals surface area contributed by atoms with Gasteiger partial charge in [-0.05, 0) is 55.3 Å². The number of anilines is 2. The van der Waals surface area contributed by atoms with Gasteiger partial charge in [-0.3, -0.25) is 14.5 Å². The molecule has 5 nitrogen and oxygen atoms in total. The molecule has 33 heavy (non-hydrogen) atoms. The number of carbonyl (C=O) groups is 2. The highest BCUT2D eigenvalue weighted by molar-refractivity contribution is 8.05. The van der Waals surface area contributed by atoms with Crippen LogP contribution >= 0.6 is 11.8 Å². The van der Waals surface area contributed by atoms with E-state index in [0.29, 0.717) is 17.8 Å². The number of carbonyl (C=O) groups excluding carboxylic acids is 2. The number of rotatable bonds is 5. The lowest BCUT2D eigenvalue weighted by Gasteiger charge is -2.19. The summed E-state index contributed by atoms with van der Waals surface area (Å²) in [7, 11) is 0. The van der Waals surface area contributed by atoms with E-state index in [-0.39, 0.29) is 22.3 Å². The molecule has 3 aromatic rings. The van der Waals surface area contributed by atoms with Gasteiger partial charge < -0.3 is 5.32 Å². The first-order chi connectivity index (χ1) is 16.0. The summed E-state index contributed by atoms with van der Waals surface area (Å²) in [5, 5.41) is 12.3. The fourth-order valence-corrected chi connectivity index (χ4v) is 4.77. The van der Waals surface area contributed by atoms with Crippen molar-refractivity contribution in [2.75, 3.05) is 10.2 Å². The minimum atomic E-state index is -0.585. The zero-order chi connectivity index (χ0) is 23.4. The van der Waals surface area contributed by atoms with Gasteiger partial charge >= 0.3 is 0 Å². The van der Waals surface area contributed by atoms with Gasteiger partial charge in [0.25, 0.3) is 5.91 Å². The van der Waals surface area contributed by atoms with Crippen LogP contribution in [0.3, 0.4) is 0 Å². The van der Waals surface area contributed by atoms with Gasteiger partial charge in [0, 0.05) is 11.4 Å². The lowest BCUT2D eigenvalue weighted by Crippen LogP contribution is -2.30. The van der Waals surface area contributed by atoms with E-state index in [1.807, 2.05) is 31.2 Å². The van der Waals surface area contributed by atoms with E-state index in [1.54, 1.807) is 48.5 Å². The first-order valence-corrected chi connectivity index (χ1v) is 11.2. The van der Waals surface area contributed by atoms with Crippen LogP contribution in [0.2, 0.25) is 0 Å². The summed E-state index contributed by atoms with van der Waals surface area (Å²) in [6.07, 6.45) is 0.342. The van der Waals surface area contributed by atoms with Gasteiger partial charge in [-0.1, -0.05) is 59.8 Å². The molecule has 1 atom stereocenters. The molecule has 3 aromatic carbocycles. The molecule has 1 aliphatic heterocycles. The molecule has 1 saturated heterocycles. The molecule has 2 amide bonds. The van der Waals surface area contributed by atoms with Gasteiger partial charge in [0.1, 0.15) is 22.5 Å². The van der Waals surface area contributed by atoms with E-state index in [0.717, 1.165) is 11.1 Å². The van der Waals surface area contributed by atoms with Gasteiger partial charge in [0.2, 0.25) is 5.91 Å². The Morgan fingerprint density at radius 1 is 1.06 bits per heavy atom. The molecular formula is C26H20FN3O2S. The Hall–Kier alpha value is -3.89. The van der Waals surface area contributed by atoms with E-state index in [4.69, 9.17) is 0 Å². The predicted octanol–water partition coefficient (Wildman–Crippen LogP) is 5.20. The largest absolute Gasteiger partial charge is 0.321 e. The lowest BCUT2D eigenvalue weighted by atomic mass is 10.1. The van der Waals surface area contributed by atoms with Gasteiger partial charge in [-0.15, -0.1) is 0 Å². The third-order valence-corrected chi connectivity index (χ3v) is 6.43. The second-order valence-electron chi connectivity index (χ2n) is 7.56. The van der Waals surface area contributed by atoms with Crippen molar-refractivity contribution in [3.63, 3.8) is 0 Å². The lowest BCUT2D eigenvalue weighted by molar-refractivity contribution is -0.117. The molecule has 0 aliphatic carbocycles. The summed E-state index contributed by atoms with van der Waals surface area (Å²) in [4.78, 5) is 27.8. The number of benzene rings is 3. The van der Waals surface area contributed by atoms with E-state index >= 15 is 0 Å². The van der Waals surface area contributed by atoms with E-state index in [9.17, 15) is 19.2 Å². The summed E-state index contributed by atoms with van der Waals surface area (Å²) >= 11 is 1.18. The van der Waals surface area contributed by atoms with Crippen LogP contribution in [0.1, 0.15) is 11.1 Å². The van der Waals surface area contributed by atoms with E-state index in [1.165, 1.54) is 28.8 Å². The summed E-state index contributed by atoms with van der Waals surface area (Å²) in [5.41, 5.74) is 2.80. The Bertz CT molecular complexity index is 1250. The number of thioether (sulfide) groups is 1. The number of amides is 2. The van der Waals surface area contributed by atoms with Crippen molar-refractivity contribution in [3.8, 4) is 6.07 Å². The fourth-order valence-electron chi connectivity index (χ4n) is 3.47. The van der Waals surface area contributed by atoms with Crippen molar-refractivity contribution in [2.45, 2.75) is 18.6 Å². The van der Waals surface area contributed by atoms with Gasteiger partial charge in [0.15, 0.2) is 0 Å². The number of hydrogen-bond acceptors (Lipinski definition) is 4. The Balaban J connectivity index is 1.72. The third kappa shape index (κ3) is 4.97. The first-order valence-electron chi connectivity index (χ1n) is 10.3. The van der Waals surface area contributed by atoms with Crippen LogP contribution in [0.15, 0.2) is 89.5 Å². The number of halogens is 1. The fraction of sp³-hybridized carbons (Fsp3) is 0.115. The highest BCUT2D eigenvalue weighted by atomic mass is 32.2. The SMILES string of the molecule is Cc1ccc(N2C(=O)[C@@H](Cc3ccc(F)cc3)S/C2=C(\C#N)C(=O)Nc2ccccc2)cc1. The van der Waals surface area contributed by atoms with Crippen molar-refractivity contribution in [1.82, 2.24) is 0 Å². The number of nitrogens with zero attached hydrogens (tertiary/aromatic N) is 2. The van der Waals surface area contributed by atoms with Crippen molar-refractivity contribution < 1.29 is 14.0 Å². The standard InChI is InChI=1S/C26H20FN3O2S/c1-17-7-13-21(14-8-17)30-25(32)23(15-18-9-11-19(27)12-10-18)33-26(30)22(16-28)24(31)29-20-5-3-2-4-6-20/h2-14,23H,15H2,1H3,(H,29,31)/b26-22+/t23-/m1/s1. The summed E-state index contributed by atoms with van der Waals surface area (Å²) < 4.78 is 13.3. The van der Waals surface area contributed by atoms with E-state index in [2.05, 4.69) is 5.32 Å². The molecule has 4 rings (SSSR count). The average molecular weight is 458 g/mol. The van der Waals surface area contributed by atoms with Crippen LogP contribution in [0.25, 0.3) is 0 Å². The zero-order valence-corrected chi connectivity index (χ0v) is 18.6. The third-order valence-electron chi connectivity index (χ3n) is 5.16. The minimum absolute atomic E-state index is 0.139. The normalized spacial score (nSPS) is 16.9. The number of nitriles is 1. The van der Waals surface area contributed by atoms with Gasteiger partial charge in [-0.25, -0.2) is 4.39 Å². The molecule has 1 aliphatic rings. The van der Waals surface area contributed by atoms with Crippen molar-refractivity contribution in [3.05, 3.63) is 106 Å². The Morgan fingerprint density at radius 3 is 2.36 bits per heavy atom. The molecule has 0 spiro atoms. The minimum Gasteiger partial charge on any atom is -0.321 e. The maximum Gasteiger partial charge on any atom is 0.269 e. The van der Waals surface area contributed by atoms with Crippen LogP contribution in [-0.4, -0.2) is 17.1 Å². The Labute approximate surface area is 195 Å². The maximum atomic E-state index is 13.4. The molecule has 1 heterocycles. The first kappa shape index (κ1) is 22.3. The average Bonchev–Trinajstić information content (AvgIpc) is 3.12. The predicted molar refractivity (Wildman–Crippen MR) is 128 cm³/mol. The van der Waals surface area contributed by atoms with Crippen LogP contribution in [0.5, 0.6) is 0 Å². The van der Waals surface area contributed by atoms with Crippen LogP contribution < -0.4 is 10.2 Å². The molecular weight excluding hydrogens is 437 g/mol. The van der Waals surface area contributed by atoms with Crippen molar-refractivity contribution >= 4 is 35.0 Å². The second-order valence-corrected chi connectivity index (χ2v) is 8.75. The molecule has 0 bridgehead atoms. The van der Waals surface area contributed by atoms with Gasteiger partial charge in [0.05, 0.1) is 5.25 Å². The highest BCUT2D eigenvalue weighted by Gasteiger charge is 2.40. The van der Waals surface area contributed by atoms with Crippen LogP contribution in [-0.2, 0) is 16.0 Å². The molecule has 0 aromatic heterocycles. The quantitative estimate of drug-likeness (QED) is 0.422. The van der Waals surface area contributed by atoms with Crippen LogP contribution in [0.4, 0.5) is 15.8 Å². The zero-order valence-electron chi connectivity index (χ0n) is 17.8.